The Balaban J connectivity index is 1.25. The molecule has 4 rings (SSSR count). The molecular formula is C46H66O6. The standard InChI is InChI=1S/C46H66O6/c1-6-9-10-11-38-22-23-42(26-36(38)7-2)44-25-24-41(27-37(44)8-3)39-18-14-34(15-19-39)12-13-35-16-20-40(21-17-35)43(30-51-45(49)32(4)28-47)31-52-46(50)33(5)29-48/h22-27,34-35,39-40,43,47-48H,4-21,28-31H2,1-3H3. The molecule has 0 radical (unpaired) electrons. The van der Waals surface area contributed by atoms with Crippen molar-refractivity contribution in [3.8, 4) is 11.1 Å². The number of benzene rings is 2. The molecule has 286 valence electrons. The van der Waals surface area contributed by atoms with Crippen molar-refractivity contribution in [1.29, 1.82) is 0 Å². The molecule has 52 heavy (non-hydrogen) atoms. The third-order valence-corrected chi connectivity index (χ3v) is 12.1. The van der Waals surface area contributed by atoms with E-state index < -0.39 is 25.2 Å². The predicted molar refractivity (Wildman–Crippen MR) is 211 cm³/mol. The fourth-order valence-electron chi connectivity index (χ4n) is 8.60. The van der Waals surface area contributed by atoms with Crippen LogP contribution in [0.2, 0.25) is 0 Å². The Morgan fingerprint density at radius 2 is 1.29 bits per heavy atom. The van der Waals surface area contributed by atoms with Crippen molar-refractivity contribution < 1.29 is 29.3 Å². The molecule has 2 aliphatic carbocycles. The first-order valence-electron chi connectivity index (χ1n) is 20.4. The molecule has 0 saturated heterocycles. The van der Waals surface area contributed by atoms with Crippen LogP contribution in [-0.2, 0) is 38.3 Å². The zero-order valence-electron chi connectivity index (χ0n) is 32.4. The highest BCUT2D eigenvalue weighted by atomic mass is 16.5. The summed E-state index contributed by atoms with van der Waals surface area (Å²) in [5, 5.41) is 18.5. The Morgan fingerprint density at radius 1 is 0.712 bits per heavy atom. The normalized spacial score (nSPS) is 20.4. The van der Waals surface area contributed by atoms with E-state index >= 15 is 0 Å². The van der Waals surface area contributed by atoms with Crippen molar-refractivity contribution in [2.75, 3.05) is 26.4 Å². The second-order valence-corrected chi connectivity index (χ2v) is 15.6. The highest BCUT2D eigenvalue weighted by molar-refractivity contribution is 5.88. The van der Waals surface area contributed by atoms with E-state index in [1.54, 1.807) is 0 Å². The Kier molecular flexibility index (Phi) is 17.2. The summed E-state index contributed by atoms with van der Waals surface area (Å²) in [6, 6.07) is 14.5. The van der Waals surface area contributed by atoms with Crippen LogP contribution in [0.15, 0.2) is 60.7 Å². The molecule has 6 nitrogen and oxygen atoms in total. The maximum absolute atomic E-state index is 12.2. The van der Waals surface area contributed by atoms with Crippen LogP contribution in [0.1, 0.15) is 132 Å². The molecule has 2 aromatic rings. The van der Waals surface area contributed by atoms with Crippen LogP contribution in [0, 0.1) is 23.7 Å². The first-order valence-corrected chi connectivity index (χ1v) is 20.4. The van der Waals surface area contributed by atoms with Crippen molar-refractivity contribution in [2.24, 2.45) is 23.7 Å². The molecule has 0 aliphatic heterocycles. The van der Waals surface area contributed by atoms with Gasteiger partial charge in [-0.2, -0.15) is 0 Å². The minimum atomic E-state index is -0.631. The van der Waals surface area contributed by atoms with Crippen LogP contribution in [0.25, 0.3) is 11.1 Å². The van der Waals surface area contributed by atoms with E-state index in [-0.39, 0.29) is 36.2 Å². The number of hydrogen-bond donors (Lipinski definition) is 2. The summed E-state index contributed by atoms with van der Waals surface area (Å²) < 4.78 is 10.9. The lowest BCUT2D eigenvalue weighted by Crippen LogP contribution is -2.31. The Bertz CT molecular complexity index is 1430. The average molecular weight is 715 g/mol. The van der Waals surface area contributed by atoms with Crippen LogP contribution in [0.5, 0.6) is 0 Å². The molecule has 0 heterocycles. The van der Waals surface area contributed by atoms with E-state index in [0.717, 1.165) is 44.4 Å². The molecule has 0 unspecified atom stereocenters. The van der Waals surface area contributed by atoms with Crippen LogP contribution < -0.4 is 0 Å². The number of carbonyl (C=O) groups is 2. The van der Waals surface area contributed by atoms with Gasteiger partial charge >= 0.3 is 11.9 Å². The lowest BCUT2D eigenvalue weighted by Gasteiger charge is -2.35. The van der Waals surface area contributed by atoms with Crippen molar-refractivity contribution in [3.63, 3.8) is 0 Å². The smallest absolute Gasteiger partial charge is 0.335 e. The van der Waals surface area contributed by atoms with E-state index in [1.807, 2.05) is 0 Å². The number of aliphatic hydroxyl groups is 2. The van der Waals surface area contributed by atoms with E-state index in [2.05, 4.69) is 70.3 Å². The summed E-state index contributed by atoms with van der Waals surface area (Å²) in [5.41, 5.74) is 8.81. The van der Waals surface area contributed by atoms with Gasteiger partial charge in [0.15, 0.2) is 0 Å². The molecule has 0 bridgehead atoms. The van der Waals surface area contributed by atoms with Crippen LogP contribution in [0.3, 0.4) is 0 Å². The molecule has 2 saturated carbocycles. The van der Waals surface area contributed by atoms with Gasteiger partial charge < -0.3 is 19.7 Å². The first kappa shape index (κ1) is 41.5. The first-order chi connectivity index (χ1) is 25.2. The molecule has 2 fully saturated rings. The second kappa shape index (κ2) is 21.5. The minimum absolute atomic E-state index is 0.00520. The number of aryl methyl sites for hydroxylation is 3. The van der Waals surface area contributed by atoms with Gasteiger partial charge in [-0.3, -0.25) is 0 Å². The largest absolute Gasteiger partial charge is 0.462 e. The van der Waals surface area contributed by atoms with Crippen LogP contribution in [0.4, 0.5) is 0 Å². The van der Waals surface area contributed by atoms with Gasteiger partial charge in [-0.05, 0) is 121 Å². The van der Waals surface area contributed by atoms with E-state index in [0.29, 0.717) is 11.8 Å². The summed E-state index contributed by atoms with van der Waals surface area (Å²) >= 11 is 0. The molecule has 0 amide bonds. The van der Waals surface area contributed by atoms with Gasteiger partial charge in [0.1, 0.15) is 0 Å². The lowest BCUT2D eigenvalue weighted by molar-refractivity contribution is -0.146. The number of rotatable bonds is 20. The van der Waals surface area contributed by atoms with Crippen molar-refractivity contribution in [3.05, 3.63) is 83.0 Å². The number of carbonyl (C=O) groups excluding carboxylic acids is 2. The third kappa shape index (κ3) is 11.9. The fourth-order valence-corrected chi connectivity index (χ4v) is 8.60. The molecule has 2 aliphatic rings. The fraction of sp³-hybridized carbons (Fsp3) is 0.609. The molecular weight excluding hydrogens is 649 g/mol. The Labute approximate surface area is 314 Å². The molecule has 0 atom stereocenters. The van der Waals surface area contributed by atoms with E-state index in [4.69, 9.17) is 9.47 Å². The van der Waals surface area contributed by atoms with Crippen molar-refractivity contribution in [1.82, 2.24) is 0 Å². The Hall–Kier alpha value is -3.22. The SMILES string of the molecule is C=C(CO)C(=O)OCC(COC(=O)C(=C)CO)C1CCC(CCC2CCC(c3ccc(-c4ccc(CCCCC)c(CC)c4)c(CC)c3)CC2)CC1. The topological polar surface area (TPSA) is 93.1 Å². The van der Waals surface area contributed by atoms with Gasteiger partial charge in [-0.1, -0.05) is 109 Å². The maximum atomic E-state index is 12.2. The van der Waals surface area contributed by atoms with Gasteiger partial charge in [0.05, 0.1) is 37.6 Å². The summed E-state index contributed by atoms with van der Waals surface area (Å²) in [7, 11) is 0. The average Bonchev–Trinajstić information content (AvgIpc) is 3.19. The van der Waals surface area contributed by atoms with Crippen LogP contribution >= 0.6 is 0 Å². The number of hydrogen-bond acceptors (Lipinski definition) is 6. The highest BCUT2D eigenvalue weighted by Crippen LogP contribution is 2.42. The number of unbranched alkanes of at least 4 members (excludes halogenated alkanes) is 2. The molecule has 2 aromatic carbocycles. The summed E-state index contributed by atoms with van der Waals surface area (Å²) in [6.07, 6.45) is 19.1. The van der Waals surface area contributed by atoms with E-state index in [9.17, 15) is 19.8 Å². The van der Waals surface area contributed by atoms with Crippen LogP contribution in [-0.4, -0.2) is 48.6 Å². The monoisotopic (exact) mass is 714 g/mol. The third-order valence-electron chi connectivity index (χ3n) is 12.1. The zero-order chi connectivity index (χ0) is 37.5. The minimum Gasteiger partial charge on any atom is -0.462 e. The lowest BCUT2D eigenvalue weighted by atomic mass is 9.72. The molecule has 0 aromatic heterocycles. The predicted octanol–water partition coefficient (Wildman–Crippen LogP) is 9.87. The highest BCUT2D eigenvalue weighted by Gasteiger charge is 2.31. The second-order valence-electron chi connectivity index (χ2n) is 15.6. The molecule has 0 spiro atoms. The Morgan fingerprint density at radius 3 is 1.83 bits per heavy atom. The van der Waals surface area contributed by atoms with Gasteiger partial charge in [0.2, 0.25) is 0 Å². The molecule has 2 N–H and O–H groups in total. The number of ether oxygens (including phenoxy) is 2. The number of esters is 2. The van der Waals surface area contributed by atoms with Crippen molar-refractivity contribution >= 4 is 11.9 Å². The maximum Gasteiger partial charge on any atom is 0.335 e. The van der Waals surface area contributed by atoms with Gasteiger partial charge in [0.25, 0.3) is 0 Å². The van der Waals surface area contributed by atoms with Gasteiger partial charge in [-0.15, -0.1) is 0 Å². The summed E-state index contributed by atoms with van der Waals surface area (Å²) in [4.78, 5) is 24.3. The quantitative estimate of drug-likeness (QED) is 0.0806. The summed E-state index contributed by atoms with van der Waals surface area (Å²) in [6.45, 7) is 13.2. The molecule has 6 heteroatoms. The number of aliphatic hydroxyl groups excluding tert-OH is 2. The summed E-state index contributed by atoms with van der Waals surface area (Å²) in [5.74, 6) is 0.999. The van der Waals surface area contributed by atoms with Gasteiger partial charge in [-0.25, -0.2) is 9.59 Å². The van der Waals surface area contributed by atoms with E-state index in [1.165, 1.54) is 97.6 Å². The zero-order valence-corrected chi connectivity index (χ0v) is 32.4. The van der Waals surface area contributed by atoms with Gasteiger partial charge in [0, 0.05) is 5.92 Å². The van der Waals surface area contributed by atoms with Crippen molar-refractivity contribution in [2.45, 2.75) is 129 Å².